The summed E-state index contributed by atoms with van der Waals surface area (Å²) in [6, 6.07) is 0. The maximum absolute atomic E-state index is 5.65. The van der Waals surface area contributed by atoms with E-state index in [0.717, 1.165) is 37.4 Å². The summed E-state index contributed by atoms with van der Waals surface area (Å²) in [6.45, 7) is 15.4. The van der Waals surface area contributed by atoms with E-state index in [4.69, 9.17) is 9.47 Å². The van der Waals surface area contributed by atoms with Crippen LogP contribution in [0, 0.1) is 0 Å². The molecule has 5 heteroatoms. The van der Waals surface area contributed by atoms with E-state index in [1.165, 1.54) is 19.6 Å². The molecule has 118 valence electrons. The van der Waals surface area contributed by atoms with Crippen LogP contribution >= 0.6 is 0 Å². The molecule has 4 nitrogen and oxygen atoms in total. The van der Waals surface area contributed by atoms with Crippen molar-refractivity contribution in [1.82, 2.24) is 4.90 Å². The Morgan fingerprint density at radius 3 is 1.89 bits per heavy atom. The molecule has 0 aromatic heterocycles. The van der Waals surface area contributed by atoms with Gasteiger partial charge in [0.25, 0.3) is 0 Å². The lowest BCUT2D eigenvalue weighted by molar-refractivity contribution is -0.924. The van der Waals surface area contributed by atoms with Crippen LogP contribution in [-0.4, -0.2) is 82.6 Å². The van der Waals surface area contributed by atoms with Crippen LogP contribution in [-0.2, 0) is 9.47 Å². The van der Waals surface area contributed by atoms with Gasteiger partial charge in [-0.05, 0) is 34.9 Å². The molecular formula is C14H33ClN2O2. The third-order valence-corrected chi connectivity index (χ3v) is 3.65. The molecular weight excluding hydrogens is 264 g/mol. The van der Waals surface area contributed by atoms with Crippen LogP contribution in [0.3, 0.4) is 0 Å². The third kappa shape index (κ3) is 10.6. The lowest BCUT2D eigenvalue weighted by Crippen LogP contribution is -3.00. The van der Waals surface area contributed by atoms with E-state index in [1.54, 1.807) is 0 Å². The van der Waals surface area contributed by atoms with Crippen molar-refractivity contribution < 1.29 is 26.4 Å². The molecule has 0 aliphatic heterocycles. The second kappa shape index (κ2) is 13.1. The number of nitrogens with zero attached hydrogens (tertiary/aromatic N) is 2. The number of rotatable bonds is 12. The van der Waals surface area contributed by atoms with Gasteiger partial charge in [-0.3, -0.25) is 0 Å². The van der Waals surface area contributed by atoms with Crippen molar-refractivity contribution in [3.8, 4) is 0 Å². The Kier molecular flexibility index (Phi) is 14.8. The van der Waals surface area contributed by atoms with Gasteiger partial charge < -0.3 is 31.3 Å². The van der Waals surface area contributed by atoms with Crippen molar-refractivity contribution in [1.29, 1.82) is 0 Å². The smallest absolute Gasteiger partial charge is 0.102 e. The van der Waals surface area contributed by atoms with Gasteiger partial charge in [-0.1, -0.05) is 0 Å². The minimum atomic E-state index is 0. The predicted molar refractivity (Wildman–Crippen MR) is 76.9 cm³/mol. The third-order valence-electron chi connectivity index (χ3n) is 3.65. The normalized spacial score (nSPS) is 11.7. The minimum absolute atomic E-state index is 0. The molecule has 0 spiro atoms. The summed E-state index contributed by atoms with van der Waals surface area (Å²) in [7, 11) is 4.27. The Hall–Kier alpha value is 0.130. The highest BCUT2D eigenvalue weighted by atomic mass is 35.5. The molecule has 0 atom stereocenters. The van der Waals surface area contributed by atoms with Gasteiger partial charge in [-0.25, -0.2) is 0 Å². The molecule has 0 fully saturated rings. The fourth-order valence-corrected chi connectivity index (χ4v) is 2.00. The van der Waals surface area contributed by atoms with Gasteiger partial charge in [-0.2, -0.15) is 0 Å². The van der Waals surface area contributed by atoms with Crippen molar-refractivity contribution in [2.75, 3.05) is 73.2 Å². The zero-order valence-electron chi connectivity index (χ0n) is 13.5. The maximum Gasteiger partial charge on any atom is 0.102 e. The first-order valence-corrected chi connectivity index (χ1v) is 7.25. The van der Waals surface area contributed by atoms with Gasteiger partial charge in [0.15, 0.2) is 0 Å². The molecule has 19 heavy (non-hydrogen) atoms. The van der Waals surface area contributed by atoms with Gasteiger partial charge >= 0.3 is 0 Å². The Morgan fingerprint density at radius 1 is 0.842 bits per heavy atom. The number of ether oxygens (including phenoxy) is 2. The number of likely N-dealkylation sites (N-methyl/N-ethyl adjacent to an activating group) is 2. The van der Waals surface area contributed by atoms with Crippen LogP contribution in [0.15, 0.2) is 0 Å². The molecule has 0 aromatic rings. The molecule has 0 aliphatic rings. The summed E-state index contributed by atoms with van der Waals surface area (Å²) >= 11 is 0. The van der Waals surface area contributed by atoms with Crippen molar-refractivity contribution in [3.05, 3.63) is 0 Å². The molecule has 0 aliphatic carbocycles. The first-order chi connectivity index (χ1) is 8.60. The van der Waals surface area contributed by atoms with Gasteiger partial charge in [0.1, 0.15) is 6.54 Å². The molecule has 0 saturated carbocycles. The predicted octanol–water partition coefficient (Wildman–Crippen LogP) is -1.54. The average Bonchev–Trinajstić information content (AvgIpc) is 2.37. The summed E-state index contributed by atoms with van der Waals surface area (Å²) in [5, 5.41) is 0. The van der Waals surface area contributed by atoms with Crippen molar-refractivity contribution in [3.63, 3.8) is 0 Å². The van der Waals surface area contributed by atoms with E-state index >= 15 is 0 Å². The van der Waals surface area contributed by atoms with Crippen LogP contribution in [0.5, 0.6) is 0 Å². The molecule has 0 amide bonds. The monoisotopic (exact) mass is 296 g/mol. The number of quaternary nitrogens is 1. The van der Waals surface area contributed by atoms with Crippen molar-refractivity contribution in [2.24, 2.45) is 0 Å². The molecule has 0 heterocycles. The topological polar surface area (TPSA) is 21.7 Å². The molecule has 0 unspecified atom stereocenters. The Morgan fingerprint density at radius 2 is 1.42 bits per heavy atom. The lowest BCUT2D eigenvalue weighted by atomic mass is 10.3. The van der Waals surface area contributed by atoms with Crippen LogP contribution in [0.2, 0.25) is 0 Å². The average molecular weight is 297 g/mol. The summed E-state index contributed by atoms with van der Waals surface area (Å²) < 4.78 is 12.1. The maximum atomic E-state index is 5.65. The summed E-state index contributed by atoms with van der Waals surface area (Å²) in [4.78, 5) is 2.26. The first-order valence-electron chi connectivity index (χ1n) is 7.25. The minimum Gasteiger partial charge on any atom is -1.00 e. The van der Waals surface area contributed by atoms with Crippen LogP contribution in [0.4, 0.5) is 0 Å². The van der Waals surface area contributed by atoms with Gasteiger partial charge in [0.2, 0.25) is 0 Å². The van der Waals surface area contributed by atoms with Crippen molar-refractivity contribution >= 4 is 0 Å². The number of hydrogen-bond acceptors (Lipinski definition) is 3. The molecule has 0 saturated heterocycles. The molecule has 0 bridgehead atoms. The number of hydrogen-bond donors (Lipinski definition) is 0. The fourth-order valence-electron chi connectivity index (χ4n) is 2.00. The zero-order chi connectivity index (χ0) is 13.9. The molecule has 0 rings (SSSR count). The quantitative estimate of drug-likeness (QED) is 0.322. The summed E-state index contributed by atoms with van der Waals surface area (Å²) in [5.41, 5.74) is 0. The Bertz CT molecular complexity index is 188. The summed E-state index contributed by atoms with van der Waals surface area (Å²) in [6.07, 6.45) is 0. The van der Waals surface area contributed by atoms with E-state index in [1.807, 2.05) is 6.92 Å². The largest absolute Gasteiger partial charge is 1.00 e. The van der Waals surface area contributed by atoms with Crippen molar-refractivity contribution in [2.45, 2.75) is 20.8 Å². The SMILES string of the molecule is CCOCCOCC[N+](CC)(CC)CCN(C)C.[Cl-]. The fraction of sp³-hybridized carbons (Fsp3) is 1.00. The van der Waals surface area contributed by atoms with Crippen LogP contribution in [0.25, 0.3) is 0 Å². The molecule has 0 aromatic carbocycles. The number of halogens is 1. The zero-order valence-corrected chi connectivity index (χ0v) is 14.2. The van der Waals surface area contributed by atoms with Gasteiger partial charge in [-0.15, -0.1) is 0 Å². The Balaban J connectivity index is 0. The highest BCUT2D eigenvalue weighted by Crippen LogP contribution is 2.06. The first kappa shape index (κ1) is 21.4. The van der Waals surface area contributed by atoms with Crippen LogP contribution in [0.1, 0.15) is 20.8 Å². The van der Waals surface area contributed by atoms with Gasteiger partial charge in [0, 0.05) is 13.2 Å². The highest BCUT2D eigenvalue weighted by molar-refractivity contribution is 4.46. The second-order valence-corrected chi connectivity index (χ2v) is 5.03. The second-order valence-electron chi connectivity index (χ2n) is 5.03. The molecule has 0 N–H and O–H groups in total. The summed E-state index contributed by atoms with van der Waals surface area (Å²) in [5.74, 6) is 0. The van der Waals surface area contributed by atoms with E-state index in [9.17, 15) is 0 Å². The van der Waals surface area contributed by atoms with Crippen LogP contribution < -0.4 is 12.4 Å². The van der Waals surface area contributed by atoms with Gasteiger partial charge in [0.05, 0.1) is 39.5 Å². The Labute approximate surface area is 126 Å². The van der Waals surface area contributed by atoms with E-state index in [-0.39, 0.29) is 12.4 Å². The molecule has 0 radical (unpaired) electrons. The van der Waals surface area contributed by atoms with E-state index < -0.39 is 0 Å². The van der Waals surface area contributed by atoms with E-state index in [0.29, 0.717) is 6.61 Å². The highest BCUT2D eigenvalue weighted by Gasteiger charge is 2.22. The standard InChI is InChI=1S/C14H33N2O2.ClH/c1-6-16(7-2,10-9-15(4)5)11-12-18-14-13-17-8-3;/h6-14H2,1-5H3;1H/q+1;/p-1. The van der Waals surface area contributed by atoms with E-state index in [2.05, 4.69) is 32.8 Å². The lowest BCUT2D eigenvalue weighted by Gasteiger charge is -2.37.